The van der Waals surface area contributed by atoms with Gasteiger partial charge in [0.15, 0.2) is 0 Å². The van der Waals surface area contributed by atoms with Crippen LogP contribution in [0, 0.1) is 5.92 Å². The smallest absolute Gasteiger partial charge is 0.211 e. The Kier molecular flexibility index (Phi) is 8.02. The van der Waals surface area contributed by atoms with E-state index < -0.39 is 10.0 Å². The molecule has 4 heteroatoms. The van der Waals surface area contributed by atoms with E-state index >= 15 is 0 Å². The predicted octanol–water partition coefficient (Wildman–Crippen LogP) is 2.92. The molecule has 1 unspecified atom stereocenters. The van der Waals surface area contributed by atoms with Crippen molar-refractivity contribution < 1.29 is 8.42 Å². The normalized spacial score (nSPS) is 14.3. The van der Waals surface area contributed by atoms with E-state index in [1.54, 1.807) is 0 Å². The van der Waals surface area contributed by atoms with E-state index in [-0.39, 0.29) is 11.8 Å². The second-order valence-electron chi connectivity index (χ2n) is 5.02. The molecule has 0 spiro atoms. The van der Waals surface area contributed by atoms with Gasteiger partial charge in [0, 0.05) is 6.04 Å². The van der Waals surface area contributed by atoms with Gasteiger partial charge in [-0.1, -0.05) is 40.0 Å². The van der Waals surface area contributed by atoms with Crippen LogP contribution in [-0.2, 0) is 10.0 Å². The number of hydrogen-bond acceptors (Lipinski definition) is 2. The van der Waals surface area contributed by atoms with Gasteiger partial charge in [0.1, 0.15) is 0 Å². The molecule has 0 saturated heterocycles. The second kappa shape index (κ2) is 8.07. The number of rotatable bonds is 9. The van der Waals surface area contributed by atoms with E-state index in [2.05, 4.69) is 18.6 Å². The lowest BCUT2D eigenvalue weighted by molar-refractivity contribution is 0.488. The van der Waals surface area contributed by atoms with Crippen molar-refractivity contribution in [3.8, 4) is 0 Å². The maximum Gasteiger partial charge on any atom is 0.211 e. The quantitative estimate of drug-likeness (QED) is 0.683. The Hall–Kier alpha value is -0.0900. The summed E-state index contributed by atoms with van der Waals surface area (Å²) in [7, 11) is -3.04. The maximum atomic E-state index is 11.6. The number of unbranched alkanes of at least 4 members (excludes halogenated alkanes) is 1. The third-order valence-electron chi connectivity index (χ3n) is 2.57. The van der Waals surface area contributed by atoms with Crippen LogP contribution in [0.15, 0.2) is 0 Å². The minimum Gasteiger partial charge on any atom is -0.212 e. The van der Waals surface area contributed by atoms with Crippen LogP contribution in [0.2, 0.25) is 0 Å². The predicted molar refractivity (Wildman–Crippen MR) is 70.0 cm³/mol. The average molecular weight is 249 g/mol. The molecular formula is C12H27NO2S. The van der Waals surface area contributed by atoms with E-state index in [1.165, 1.54) is 6.42 Å². The molecule has 0 aliphatic heterocycles. The molecule has 3 nitrogen and oxygen atoms in total. The van der Waals surface area contributed by atoms with Gasteiger partial charge in [-0.3, -0.25) is 0 Å². The Morgan fingerprint density at radius 1 is 1.06 bits per heavy atom. The van der Waals surface area contributed by atoms with Crippen LogP contribution in [0.3, 0.4) is 0 Å². The van der Waals surface area contributed by atoms with Crippen molar-refractivity contribution in [1.29, 1.82) is 0 Å². The monoisotopic (exact) mass is 249 g/mol. The van der Waals surface area contributed by atoms with Crippen LogP contribution in [-0.4, -0.2) is 20.2 Å². The van der Waals surface area contributed by atoms with E-state index in [1.807, 2.05) is 13.8 Å². The highest BCUT2D eigenvalue weighted by Crippen LogP contribution is 2.09. The van der Waals surface area contributed by atoms with Crippen LogP contribution in [0.5, 0.6) is 0 Å². The van der Waals surface area contributed by atoms with Crippen molar-refractivity contribution in [1.82, 2.24) is 4.72 Å². The largest absolute Gasteiger partial charge is 0.212 e. The van der Waals surface area contributed by atoms with Crippen molar-refractivity contribution in [2.45, 2.75) is 65.8 Å². The summed E-state index contributed by atoms with van der Waals surface area (Å²) in [6.45, 7) is 8.33. The molecule has 0 amide bonds. The highest BCUT2D eigenvalue weighted by Gasteiger charge is 2.13. The molecule has 0 aliphatic rings. The number of hydrogen-bond donors (Lipinski definition) is 1. The summed E-state index contributed by atoms with van der Waals surface area (Å²) >= 11 is 0. The van der Waals surface area contributed by atoms with E-state index in [4.69, 9.17) is 0 Å². The molecule has 16 heavy (non-hydrogen) atoms. The molecule has 0 heterocycles. The lowest BCUT2D eigenvalue weighted by Gasteiger charge is -2.14. The molecule has 0 saturated carbocycles. The molecule has 0 aromatic carbocycles. The Labute approximate surface area is 101 Å². The first-order valence-corrected chi connectivity index (χ1v) is 8.02. The first kappa shape index (κ1) is 15.9. The summed E-state index contributed by atoms with van der Waals surface area (Å²) in [5.41, 5.74) is 0. The van der Waals surface area contributed by atoms with Gasteiger partial charge in [-0.2, -0.15) is 0 Å². The van der Waals surface area contributed by atoms with Gasteiger partial charge >= 0.3 is 0 Å². The molecule has 0 aliphatic carbocycles. The summed E-state index contributed by atoms with van der Waals surface area (Å²) in [6, 6.07) is 0.0700. The average Bonchev–Trinajstić information content (AvgIpc) is 2.13. The molecule has 0 aromatic rings. The zero-order valence-corrected chi connectivity index (χ0v) is 11.9. The standard InChI is InChI=1S/C12H27NO2S/c1-5-6-10-16(14,15)13-12(4)9-7-8-11(2)3/h11-13H,5-10H2,1-4H3. The molecule has 0 fully saturated rings. The molecule has 0 rings (SSSR count). The lowest BCUT2D eigenvalue weighted by atomic mass is 10.0. The molecule has 0 bridgehead atoms. The van der Waals surface area contributed by atoms with Gasteiger partial charge in [0.2, 0.25) is 10.0 Å². The van der Waals surface area contributed by atoms with Gasteiger partial charge in [-0.15, -0.1) is 0 Å². The summed E-state index contributed by atoms with van der Waals surface area (Å²) in [6.07, 6.45) is 4.86. The highest BCUT2D eigenvalue weighted by atomic mass is 32.2. The van der Waals surface area contributed by atoms with E-state index in [0.717, 1.165) is 25.7 Å². The fourth-order valence-electron chi connectivity index (χ4n) is 1.59. The van der Waals surface area contributed by atoms with Gasteiger partial charge in [-0.25, -0.2) is 13.1 Å². The van der Waals surface area contributed by atoms with E-state index in [9.17, 15) is 8.42 Å². The Bertz CT molecular complexity index is 260. The minimum atomic E-state index is -3.04. The molecule has 1 N–H and O–H groups in total. The van der Waals surface area contributed by atoms with Crippen molar-refractivity contribution in [2.75, 3.05) is 5.75 Å². The van der Waals surface area contributed by atoms with Crippen LogP contribution in [0.4, 0.5) is 0 Å². The topological polar surface area (TPSA) is 46.2 Å². The Morgan fingerprint density at radius 2 is 1.69 bits per heavy atom. The third kappa shape index (κ3) is 9.16. The summed E-state index contributed by atoms with van der Waals surface area (Å²) in [5.74, 6) is 0.960. The fourth-order valence-corrected chi connectivity index (χ4v) is 3.11. The summed E-state index contributed by atoms with van der Waals surface area (Å²) in [4.78, 5) is 0. The molecule has 98 valence electrons. The van der Waals surface area contributed by atoms with Crippen LogP contribution < -0.4 is 4.72 Å². The summed E-state index contributed by atoms with van der Waals surface area (Å²) < 4.78 is 25.9. The molecule has 0 aromatic heterocycles. The van der Waals surface area contributed by atoms with E-state index in [0.29, 0.717) is 5.92 Å². The highest BCUT2D eigenvalue weighted by molar-refractivity contribution is 7.89. The molecule has 1 atom stereocenters. The fraction of sp³-hybridized carbons (Fsp3) is 1.00. The van der Waals surface area contributed by atoms with Gasteiger partial charge in [0.05, 0.1) is 5.75 Å². The van der Waals surface area contributed by atoms with Crippen molar-refractivity contribution in [3.05, 3.63) is 0 Å². The van der Waals surface area contributed by atoms with Gasteiger partial charge in [-0.05, 0) is 25.7 Å². The SMILES string of the molecule is CCCCS(=O)(=O)NC(C)CCCC(C)C. The Morgan fingerprint density at radius 3 is 2.19 bits per heavy atom. The first-order valence-electron chi connectivity index (χ1n) is 6.37. The maximum absolute atomic E-state index is 11.6. The minimum absolute atomic E-state index is 0.0700. The lowest BCUT2D eigenvalue weighted by Crippen LogP contribution is -2.34. The first-order chi connectivity index (χ1) is 7.37. The van der Waals surface area contributed by atoms with Crippen LogP contribution >= 0.6 is 0 Å². The zero-order valence-electron chi connectivity index (χ0n) is 11.1. The van der Waals surface area contributed by atoms with Crippen molar-refractivity contribution >= 4 is 10.0 Å². The molecule has 0 radical (unpaired) electrons. The third-order valence-corrected chi connectivity index (χ3v) is 4.15. The van der Waals surface area contributed by atoms with Crippen LogP contribution in [0.1, 0.15) is 59.8 Å². The molecular weight excluding hydrogens is 222 g/mol. The zero-order chi connectivity index (χ0) is 12.6. The van der Waals surface area contributed by atoms with Gasteiger partial charge < -0.3 is 0 Å². The van der Waals surface area contributed by atoms with Crippen molar-refractivity contribution in [3.63, 3.8) is 0 Å². The number of nitrogens with one attached hydrogen (secondary N) is 1. The second-order valence-corrected chi connectivity index (χ2v) is 6.89. The van der Waals surface area contributed by atoms with Crippen molar-refractivity contribution in [2.24, 2.45) is 5.92 Å². The number of sulfonamides is 1. The van der Waals surface area contributed by atoms with Gasteiger partial charge in [0.25, 0.3) is 0 Å². The van der Waals surface area contributed by atoms with Crippen LogP contribution in [0.25, 0.3) is 0 Å². The summed E-state index contributed by atoms with van der Waals surface area (Å²) in [5, 5.41) is 0. The Balaban J connectivity index is 3.81.